The zero-order valence-electron chi connectivity index (χ0n) is 16.4. The van der Waals surface area contributed by atoms with Crippen molar-refractivity contribution < 1.29 is 9.90 Å². The van der Waals surface area contributed by atoms with Crippen molar-refractivity contribution in [1.29, 1.82) is 0 Å². The van der Waals surface area contributed by atoms with Crippen molar-refractivity contribution in [3.8, 4) is 0 Å². The van der Waals surface area contributed by atoms with Crippen LogP contribution in [0.2, 0.25) is 5.02 Å². The van der Waals surface area contributed by atoms with Gasteiger partial charge in [-0.2, -0.15) is 0 Å². The number of anilines is 1. The number of carbonyl (C=O) groups excluding carboxylic acids is 1. The number of aliphatic hydroxyl groups excluding tert-OH is 1. The first-order valence-electron chi connectivity index (χ1n) is 10.4. The predicted molar refractivity (Wildman–Crippen MR) is 114 cm³/mol. The lowest BCUT2D eigenvalue weighted by Gasteiger charge is -2.29. The molecule has 2 saturated heterocycles. The Hall–Kier alpha value is -1.96. The fourth-order valence-corrected chi connectivity index (χ4v) is 4.58. The number of aromatic nitrogens is 2. The summed E-state index contributed by atoms with van der Waals surface area (Å²) in [6, 6.07) is 3.30. The summed E-state index contributed by atoms with van der Waals surface area (Å²) in [4.78, 5) is 32.0. The number of rotatable bonds is 5. The largest absolute Gasteiger partial charge is 0.391 e. The summed E-state index contributed by atoms with van der Waals surface area (Å²) >= 11 is 6.49. The molecule has 0 radical (unpaired) electrons. The molecular formula is C21H27ClN4O3. The first-order valence-corrected chi connectivity index (χ1v) is 10.8. The molecule has 1 aromatic heterocycles. The summed E-state index contributed by atoms with van der Waals surface area (Å²) < 4.78 is 1.33. The van der Waals surface area contributed by atoms with Crippen LogP contribution >= 0.6 is 11.6 Å². The maximum absolute atomic E-state index is 12.9. The Labute approximate surface area is 174 Å². The average Bonchev–Trinajstić information content (AvgIpc) is 2.72. The van der Waals surface area contributed by atoms with E-state index in [9.17, 15) is 14.7 Å². The van der Waals surface area contributed by atoms with Gasteiger partial charge in [-0.25, -0.2) is 4.98 Å². The molecule has 7 nitrogen and oxygen atoms in total. The number of ketones is 1. The SMILES string of the molecule is O=C(C[C@@H]1NCCC[C@H]1O)Cn1cnc2cc(N3CCCCC3)c(Cl)cc2c1=O. The van der Waals surface area contributed by atoms with Gasteiger partial charge in [-0.05, 0) is 50.8 Å². The minimum absolute atomic E-state index is 0.0574. The van der Waals surface area contributed by atoms with Gasteiger partial charge in [0, 0.05) is 25.6 Å². The molecule has 3 heterocycles. The van der Waals surface area contributed by atoms with E-state index in [2.05, 4.69) is 15.2 Å². The molecule has 8 heteroatoms. The summed E-state index contributed by atoms with van der Waals surface area (Å²) in [5.74, 6) is -0.109. The number of piperidine rings is 2. The summed E-state index contributed by atoms with van der Waals surface area (Å²) in [5.41, 5.74) is 1.23. The number of nitrogens with zero attached hydrogens (tertiary/aromatic N) is 3. The van der Waals surface area contributed by atoms with Gasteiger partial charge in [0.15, 0.2) is 5.78 Å². The van der Waals surface area contributed by atoms with Crippen LogP contribution in [0, 0.1) is 0 Å². The first kappa shape index (κ1) is 20.3. The highest BCUT2D eigenvalue weighted by atomic mass is 35.5. The van der Waals surface area contributed by atoms with Crippen LogP contribution in [0.4, 0.5) is 5.69 Å². The highest BCUT2D eigenvalue weighted by molar-refractivity contribution is 6.34. The third kappa shape index (κ3) is 4.47. The molecule has 4 rings (SSSR count). The summed E-state index contributed by atoms with van der Waals surface area (Å²) in [5, 5.41) is 14.2. The van der Waals surface area contributed by atoms with Gasteiger partial charge >= 0.3 is 0 Å². The van der Waals surface area contributed by atoms with Gasteiger partial charge in [0.05, 0.1) is 40.6 Å². The van der Waals surface area contributed by atoms with Crippen molar-refractivity contribution in [2.45, 2.75) is 57.2 Å². The second kappa shape index (κ2) is 8.81. The molecule has 0 aliphatic carbocycles. The van der Waals surface area contributed by atoms with Crippen LogP contribution in [0.1, 0.15) is 38.5 Å². The van der Waals surface area contributed by atoms with Crippen molar-refractivity contribution in [3.05, 3.63) is 33.8 Å². The highest BCUT2D eigenvalue weighted by Gasteiger charge is 2.25. The minimum atomic E-state index is -0.522. The van der Waals surface area contributed by atoms with Gasteiger partial charge in [-0.3, -0.25) is 14.2 Å². The van der Waals surface area contributed by atoms with Crippen molar-refractivity contribution in [1.82, 2.24) is 14.9 Å². The van der Waals surface area contributed by atoms with Crippen LogP contribution < -0.4 is 15.8 Å². The fraction of sp³-hybridized carbons (Fsp3) is 0.571. The third-order valence-electron chi connectivity index (χ3n) is 5.93. The molecule has 1 aromatic carbocycles. The van der Waals surface area contributed by atoms with Crippen molar-refractivity contribution >= 4 is 34.0 Å². The van der Waals surface area contributed by atoms with Gasteiger partial charge in [0.25, 0.3) is 5.56 Å². The molecule has 2 atom stereocenters. The Morgan fingerprint density at radius 3 is 2.79 bits per heavy atom. The molecule has 0 amide bonds. The molecule has 29 heavy (non-hydrogen) atoms. The van der Waals surface area contributed by atoms with E-state index in [0.29, 0.717) is 22.3 Å². The Morgan fingerprint density at radius 1 is 1.24 bits per heavy atom. The lowest BCUT2D eigenvalue weighted by Crippen LogP contribution is -2.46. The second-order valence-electron chi connectivity index (χ2n) is 8.06. The fourth-order valence-electron chi connectivity index (χ4n) is 4.30. The molecule has 2 fully saturated rings. The summed E-state index contributed by atoms with van der Waals surface area (Å²) in [7, 11) is 0. The third-order valence-corrected chi connectivity index (χ3v) is 6.23. The first-order chi connectivity index (χ1) is 14.0. The van der Waals surface area contributed by atoms with E-state index in [4.69, 9.17) is 11.6 Å². The Morgan fingerprint density at radius 2 is 2.03 bits per heavy atom. The highest BCUT2D eigenvalue weighted by Crippen LogP contribution is 2.31. The number of halogens is 1. The number of hydrogen-bond acceptors (Lipinski definition) is 6. The van der Waals surface area contributed by atoms with Crippen LogP contribution in [0.25, 0.3) is 10.9 Å². The number of Topliss-reactive ketones (excluding diaryl/α,β-unsaturated/α-hetero) is 1. The standard InChI is InChI=1S/C21H27ClN4O3/c22-16-10-15-17(11-19(16)25-7-2-1-3-8-25)24-13-26(21(15)29)12-14(27)9-18-20(28)5-4-6-23-18/h10-11,13,18,20,23,28H,1-9,12H2/t18-,20+/m0/s1. The number of benzene rings is 1. The van der Waals surface area contributed by atoms with E-state index in [1.165, 1.54) is 17.3 Å². The topological polar surface area (TPSA) is 87.5 Å². The Balaban J connectivity index is 1.54. The second-order valence-corrected chi connectivity index (χ2v) is 8.47. The molecule has 0 saturated carbocycles. The van der Waals surface area contributed by atoms with Crippen LogP contribution in [-0.2, 0) is 11.3 Å². The van der Waals surface area contributed by atoms with Crippen molar-refractivity contribution in [2.75, 3.05) is 24.5 Å². The molecule has 2 aliphatic heterocycles. The zero-order valence-corrected chi connectivity index (χ0v) is 17.2. The number of carbonyl (C=O) groups is 1. The number of fused-ring (bicyclic) bond motifs is 1. The summed E-state index contributed by atoms with van der Waals surface area (Å²) in [6.45, 7) is 2.65. The molecule has 0 unspecified atom stereocenters. The summed E-state index contributed by atoms with van der Waals surface area (Å²) in [6.07, 6.45) is 6.20. The smallest absolute Gasteiger partial charge is 0.261 e. The molecule has 2 aliphatic rings. The number of nitrogens with one attached hydrogen (secondary N) is 1. The molecule has 156 valence electrons. The maximum atomic E-state index is 12.9. The number of aliphatic hydroxyl groups is 1. The Bertz CT molecular complexity index is 955. The van der Waals surface area contributed by atoms with Gasteiger partial charge in [0.2, 0.25) is 0 Å². The molecule has 0 bridgehead atoms. The van der Waals surface area contributed by atoms with Gasteiger partial charge < -0.3 is 15.3 Å². The minimum Gasteiger partial charge on any atom is -0.391 e. The lowest BCUT2D eigenvalue weighted by atomic mass is 9.97. The van der Waals surface area contributed by atoms with Crippen LogP contribution in [0.5, 0.6) is 0 Å². The average molecular weight is 419 g/mol. The van der Waals surface area contributed by atoms with Gasteiger partial charge in [-0.1, -0.05) is 11.6 Å². The van der Waals surface area contributed by atoms with Crippen molar-refractivity contribution in [2.24, 2.45) is 0 Å². The normalized spacial score (nSPS) is 22.8. The zero-order chi connectivity index (χ0) is 20.4. The van der Waals surface area contributed by atoms with Crippen LogP contribution in [0.3, 0.4) is 0 Å². The molecule has 2 N–H and O–H groups in total. The van der Waals surface area contributed by atoms with E-state index in [1.807, 2.05) is 6.07 Å². The van der Waals surface area contributed by atoms with Crippen LogP contribution in [0.15, 0.2) is 23.3 Å². The predicted octanol–water partition coefficient (Wildman–Crippen LogP) is 2.11. The van der Waals surface area contributed by atoms with E-state index >= 15 is 0 Å². The molecule has 0 spiro atoms. The van der Waals surface area contributed by atoms with E-state index < -0.39 is 6.10 Å². The maximum Gasteiger partial charge on any atom is 0.261 e. The van der Waals surface area contributed by atoms with Crippen LogP contribution in [-0.4, -0.2) is 52.2 Å². The molecule has 2 aromatic rings. The lowest BCUT2D eigenvalue weighted by molar-refractivity contribution is -0.121. The van der Waals surface area contributed by atoms with E-state index in [-0.39, 0.29) is 30.3 Å². The van der Waals surface area contributed by atoms with E-state index in [0.717, 1.165) is 44.6 Å². The van der Waals surface area contributed by atoms with E-state index in [1.54, 1.807) is 6.07 Å². The van der Waals surface area contributed by atoms with Gasteiger partial charge in [-0.15, -0.1) is 0 Å². The molecular weight excluding hydrogens is 392 g/mol. The Kier molecular flexibility index (Phi) is 6.18. The monoisotopic (exact) mass is 418 g/mol. The number of hydrogen-bond donors (Lipinski definition) is 2. The van der Waals surface area contributed by atoms with Crippen molar-refractivity contribution in [3.63, 3.8) is 0 Å². The quantitative estimate of drug-likeness (QED) is 0.773. The van der Waals surface area contributed by atoms with Gasteiger partial charge in [0.1, 0.15) is 0 Å².